The second-order valence-electron chi connectivity index (χ2n) is 10.1. The number of hydrogen-bond acceptors (Lipinski definition) is 4. The molecule has 0 aromatic rings. The van der Waals surface area contributed by atoms with Gasteiger partial charge in [-0.3, -0.25) is 21.5 Å². The van der Waals surface area contributed by atoms with Crippen molar-refractivity contribution in [2.75, 3.05) is 13.1 Å². The van der Waals surface area contributed by atoms with Crippen molar-refractivity contribution in [3.63, 3.8) is 0 Å². The Bertz CT molecular complexity index is 624. The highest BCUT2D eigenvalue weighted by Crippen LogP contribution is 2.23. The molecule has 1 fully saturated rings. The topological polar surface area (TPSA) is 173 Å². The van der Waals surface area contributed by atoms with E-state index >= 15 is 0 Å². The molecular weight excluding hydrogens is 452 g/mol. The van der Waals surface area contributed by atoms with E-state index in [-0.39, 0.29) is 35.9 Å². The number of aliphatic imine (C=N–C) groups is 2. The van der Waals surface area contributed by atoms with Crippen molar-refractivity contribution >= 4 is 23.8 Å². The fourth-order valence-corrected chi connectivity index (χ4v) is 4.50. The lowest BCUT2D eigenvalue weighted by atomic mass is 9.92. The second-order valence-corrected chi connectivity index (χ2v) is 10.1. The zero-order chi connectivity index (χ0) is 26.8. The molecule has 0 heterocycles. The molecule has 0 aromatic carbocycles. The number of nitrogens with two attached hydrogens (primary N) is 2. The minimum absolute atomic E-state index is 0.118. The van der Waals surface area contributed by atoms with Gasteiger partial charge in [-0.05, 0) is 50.4 Å². The van der Waals surface area contributed by atoms with E-state index in [0.717, 1.165) is 51.6 Å². The standard InChI is InChI=1S/C26H54N10/c1-5-9-11-19(7-3)17-31-23(27)35-25(29)33-21-13-15-22(16-14-21)34-26(30)36-24(28)32-18-20(8-4)12-10-6-2/h19-22H,5-18H2,1-4H3,(H5,27,29,31,33,35)(H5,28,30,32,34,36). The van der Waals surface area contributed by atoms with Gasteiger partial charge in [0.15, 0.2) is 23.8 Å². The van der Waals surface area contributed by atoms with E-state index in [1.807, 2.05) is 0 Å². The Morgan fingerprint density at radius 1 is 0.722 bits per heavy atom. The van der Waals surface area contributed by atoms with E-state index in [1.54, 1.807) is 0 Å². The van der Waals surface area contributed by atoms with Crippen LogP contribution >= 0.6 is 0 Å². The third kappa shape index (κ3) is 14.1. The Kier molecular flexibility index (Phi) is 16.4. The minimum atomic E-state index is 0.118. The number of nitrogens with zero attached hydrogens (tertiary/aromatic N) is 2. The quantitative estimate of drug-likeness (QED) is 0.132. The van der Waals surface area contributed by atoms with Crippen LogP contribution in [-0.4, -0.2) is 49.0 Å². The maximum atomic E-state index is 8.10. The molecule has 208 valence electrons. The lowest BCUT2D eigenvalue weighted by Gasteiger charge is -2.24. The zero-order valence-corrected chi connectivity index (χ0v) is 23.3. The lowest BCUT2D eigenvalue weighted by molar-refractivity contribution is 0.396. The van der Waals surface area contributed by atoms with E-state index in [9.17, 15) is 0 Å². The van der Waals surface area contributed by atoms with Crippen molar-refractivity contribution in [3.8, 4) is 0 Å². The van der Waals surface area contributed by atoms with Gasteiger partial charge in [-0.2, -0.15) is 0 Å². The first-order valence-electron chi connectivity index (χ1n) is 14.2. The maximum absolute atomic E-state index is 8.10. The molecule has 1 aliphatic rings. The smallest absolute Gasteiger partial charge is 0.195 e. The van der Waals surface area contributed by atoms with Crippen molar-refractivity contribution in [2.45, 2.75) is 117 Å². The fourth-order valence-electron chi connectivity index (χ4n) is 4.50. The highest BCUT2D eigenvalue weighted by atomic mass is 15.2. The molecule has 1 aliphatic carbocycles. The van der Waals surface area contributed by atoms with Gasteiger partial charge in [0.2, 0.25) is 0 Å². The van der Waals surface area contributed by atoms with Crippen molar-refractivity contribution in [1.82, 2.24) is 21.3 Å². The number of unbranched alkanes of at least 4 members (excludes halogenated alkanes) is 2. The predicted octanol–water partition coefficient (Wildman–Crippen LogP) is 3.59. The highest BCUT2D eigenvalue weighted by Gasteiger charge is 2.21. The van der Waals surface area contributed by atoms with Gasteiger partial charge in [-0.15, -0.1) is 0 Å². The van der Waals surface area contributed by atoms with Crippen LogP contribution in [0.3, 0.4) is 0 Å². The van der Waals surface area contributed by atoms with Crippen LogP contribution in [0.5, 0.6) is 0 Å². The van der Waals surface area contributed by atoms with Gasteiger partial charge < -0.3 is 22.1 Å². The molecule has 2 atom stereocenters. The Labute approximate surface area is 219 Å². The Hall–Kier alpha value is -2.52. The number of hydrogen-bond donors (Lipinski definition) is 8. The lowest BCUT2D eigenvalue weighted by Crippen LogP contribution is -2.46. The molecule has 0 saturated heterocycles. The summed E-state index contributed by atoms with van der Waals surface area (Å²) in [6.45, 7) is 10.3. The summed E-state index contributed by atoms with van der Waals surface area (Å²) in [5.74, 6) is 2.12. The second kappa shape index (κ2) is 18.7. The van der Waals surface area contributed by atoms with E-state index in [1.165, 1.54) is 38.5 Å². The number of nitrogens with one attached hydrogen (secondary N) is 6. The van der Waals surface area contributed by atoms with Crippen LogP contribution < -0.4 is 32.7 Å². The van der Waals surface area contributed by atoms with Gasteiger partial charge >= 0.3 is 0 Å². The summed E-state index contributed by atoms with van der Waals surface area (Å²) in [5.41, 5.74) is 12.1. The van der Waals surface area contributed by atoms with Crippen molar-refractivity contribution in [3.05, 3.63) is 0 Å². The van der Waals surface area contributed by atoms with Gasteiger partial charge in [-0.25, -0.2) is 9.98 Å². The summed E-state index contributed by atoms with van der Waals surface area (Å²) in [4.78, 5) is 9.14. The average Bonchev–Trinajstić information content (AvgIpc) is 2.85. The van der Waals surface area contributed by atoms with Crippen molar-refractivity contribution in [1.29, 1.82) is 10.8 Å². The molecule has 0 radical (unpaired) electrons. The summed E-state index contributed by atoms with van der Waals surface area (Å²) in [7, 11) is 0. The molecule has 10 N–H and O–H groups in total. The Morgan fingerprint density at radius 2 is 1.08 bits per heavy atom. The molecule has 0 amide bonds. The van der Waals surface area contributed by atoms with Gasteiger partial charge in [0.25, 0.3) is 0 Å². The molecule has 0 spiro atoms. The van der Waals surface area contributed by atoms with Gasteiger partial charge in [-0.1, -0.05) is 66.2 Å². The molecule has 1 rings (SSSR count). The van der Waals surface area contributed by atoms with Crippen LogP contribution in [0.15, 0.2) is 9.98 Å². The van der Waals surface area contributed by atoms with Gasteiger partial charge in [0.05, 0.1) is 12.1 Å². The van der Waals surface area contributed by atoms with Crippen LogP contribution in [0.25, 0.3) is 0 Å². The van der Waals surface area contributed by atoms with Crippen molar-refractivity contribution in [2.24, 2.45) is 33.3 Å². The molecule has 0 bridgehead atoms. The molecule has 2 unspecified atom stereocenters. The zero-order valence-electron chi connectivity index (χ0n) is 23.3. The van der Waals surface area contributed by atoms with E-state index in [2.05, 4.69) is 58.9 Å². The monoisotopic (exact) mass is 506 g/mol. The maximum Gasteiger partial charge on any atom is 0.195 e. The third-order valence-electron chi connectivity index (χ3n) is 7.04. The van der Waals surface area contributed by atoms with Crippen LogP contribution in [0, 0.1) is 22.7 Å². The molecule has 1 saturated carbocycles. The number of guanidine groups is 4. The Morgan fingerprint density at radius 3 is 1.39 bits per heavy atom. The first kappa shape index (κ1) is 31.5. The van der Waals surface area contributed by atoms with Gasteiger partial charge in [0, 0.05) is 13.1 Å². The minimum Gasteiger partial charge on any atom is -0.370 e. The normalized spacial score (nSPS) is 20.3. The van der Waals surface area contributed by atoms with Crippen molar-refractivity contribution < 1.29 is 0 Å². The molecular formula is C26H54N10. The van der Waals surface area contributed by atoms with Crippen LogP contribution in [-0.2, 0) is 0 Å². The summed E-state index contributed by atoms with van der Waals surface area (Å²) in [6.07, 6.45) is 12.9. The largest absolute Gasteiger partial charge is 0.370 e. The average molecular weight is 507 g/mol. The summed E-state index contributed by atoms with van der Waals surface area (Å²) in [5, 5.41) is 28.2. The Balaban J connectivity index is 2.36. The summed E-state index contributed by atoms with van der Waals surface area (Å²) < 4.78 is 0. The molecule has 36 heavy (non-hydrogen) atoms. The molecule has 10 nitrogen and oxygen atoms in total. The van der Waals surface area contributed by atoms with E-state index in [4.69, 9.17) is 22.3 Å². The molecule has 0 aromatic heterocycles. The van der Waals surface area contributed by atoms with Crippen LogP contribution in [0.1, 0.15) is 105 Å². The SMILES string of the molecule is CCCCC(CC)CNC(=N)NC(N)=NC1CCC(N=C(N)NC(=N)NCC(CC)CCCC)CC1. The fraction of sp³-hybridized carbons (Fsp3) is 0.846. The summed E-state index contributed by atoms with van der Waals surface area (Å²) >= 11 is 0. The van der Waals surface area contributed by atoms with Crippen LogP contribution in [0.4, 0.5) is 0 Å². The first-order chi connectivity index (χ1) is 17.3. The molecule has 10 heteroatoms. The predicted molar refractivity (Wildman–Crippen MR) is 154 cm³/mol. The third-order valence-corrected chi connectivity index (χ3v) is 7.04. The van der Waals surface area contributed by atoms with E-state index in [0.29, 0.717) is 11.8 Å². The molecule has 0 aliphatic heterocycles. The highest BCUT2D eigenvalue weighted by molar-refractivity contribution is 5.97. The van der Waals surface area contributed by atoms with Crippen LogP contribution in [0.2, 0.25) is 0 Å². The number of rotatable bonds is 14. The first-order valence-corrected chi connectivity index (χ1v) is 14.2. The van der Waals surface area contributed by atoms with Gasteiger partial charge in [0.1, 0.15) is 0 Å². The summed E-state index contributed by atoms with van der Waals surface area (Å²) in [6, 6.07) is 0.237. The van der Waals surface area contributed by atoms with E-state index < -0.39 is 0 Å².